The van der Waals surface area contributed by atoms with Crippen LogP contribution in [0, 0.1) is 11.8 Å². The summed E-state index contributed by atoms with van der Waals surface area (Å²) in [6.45, 7) is 5.79. The van der Waals surface area contributed by atoms with Gasteiger partial charge in [-0.3, -0.25) is 9.59 Å². The summed E-state index contributed by atoms with van der Waals surface area (Å²) in [5.74, 6) is -0.423. The van der Waals surface area contributed by atoms with Crippen LogP contribution in [0.3, 0.4) is 0 Å². The van der Waals surface area contributed by atoms with Gasteiger partial charge in [-0.05, 0) is 79.2 Å². The first-order valence-corrected chi connectivity index (χ1v) is 18.2. The number of benzene rings is 2. The van der Waals surface area contributed by atoms with E-state index in [1.54, 1.807) is 0 Å². The van der Waals surface area contributed by atoms with Crippen LogP contribution in [0.4, 0.5) is 13.2 Å². The van der Waals surface area contributed by atoms with Crippen LogP contribution < -0.4 is 10.6 Å². The molecule has 0 radical (unpaired) electrons. The molecule has 6 rings (SSSR count). The summed E-state index contributed by atoms with van der Waals surface area (Å²) < 4.78 is 43.2. The van der Waals surface area contributed by atoms with Gasteiger partial charge in [0.2, 0.25) is 11.8 Å². The maximum Gasteiger partial charge on any atom is 0.417 e. The number of fused-ring (bicyclic) bond motifs is 1. The predicted molar refractivity (Wildman–Crippen MR) is 187 cm³/mol. The summed E-state index contributed by atoms with van der Waals surface area (Å²) in [5, 5.41) is 15.1. The molecular weight excluding hydrogens is 669 g/mol. The molecule has 2 aromatic carbocycles. The topological polar surface area (TPSA) is 132 Å². The number of piperidine rings is 1. The Balaban J connectivity index is 0.000000253. The monoisotopic (exact) mass is 715 g/mol. The molecule has 1 saturated carbocycles. The molecule has 0 bridgehead atoms. The van der Waals surface area contributed by atoms with E-state index in [0.717, 1.165) is 69.5 Å². The lowest BCUT2D eigenvalue weighted by molar-refractivity contribution is -0.136. The predicted octanol–water partition coefficient (Wildman–Crippen LogP) is 6.95. The second-order valence-corrected chi connectivity index (χ2v) is 14.7. The first kappa shape index (κ1) is 37.7. The Bertz CT molecular complexity index is 1580. The number of carbonyl (C=O) groups excluding carboxylic acids is 2. The summed E-state index contributed by atoms with van der Waals surface area (Å²) >= 11 is 0.639. The molecule has 0 spiro atoms. The number of ether oxygens (including phenoxy) is 1. The van der Waals surface area contributed by atoms with Crippen molar-refractivity contribution >= 4 is 39.2 Å². The average molecular weight is 716 g/mol. The second-order valence-electron chi connectivity index (χ2n) is 13.7. The minimum atomic E-state index is -4.46. The highest BCUT2D eigenvalue weighted by molar-refractivity contribution is 7.21. The highest BCUT2D eigenvalue weighted by Crippen LogP contribution is 2.38. The quantitative estimate of drug-likeness (QED) is 0.208. The Morgan fingerprint density at radius 2 is 1.66 bits per heavy atom. The van der Waals surface area contributed by atoms with Crippen molar-refractivity contribution in [1.29, 1.82) is 0 Å². The smallest absolute Gasteiger partial charge is 0.417 e. The number of thiophene rings is 1. The number of carboxylic acids is 1. The van der Waals surface area contributed by atoms with Gasteiger partial charge < -0.3 is 31.1 Å². The number of alkyl halides is 3. The molecule has 2 aliphatic heterocycles. The molecule has 3 aliphatic rings. The third-order valence-electron chi connectivity index (χ3n) is 9.99. The number of rotatable bonds is 10. The number of carboxylic acid groups (broad SMARTS) is 1. The van der Waals surface area contributed by atoms with E-state index in [1.807, 2.05) is 30.3 Å². The molecule has 50 heavy (non-hydrogen) atoms. The number of amides is 2. The van der Waals surface area contributed by atoms with Gasteiger partial charge in [-0.25, -0.2) is 4.79 Å². The number of carbonyl (C=O) groups is 3. The van der Waals surface area contributed by atoms with Gasteiger partial charge in [0.15, 0.2) is 0 Å². The second kappa shape index (κ2) is 17.1. The van der Waals surface area contributed by atoms with Gasteiger partial charge in [-0.1, -0.05) is 68.1 Å². The van der Waals surface area contributed by atoms with Crippen molar-refractivity contribution in [2.45, 2.75) is 75.5 Å². The Hall–Kier alpha value is -3.52. The Labute approximate surface area is 294 Å². The highest BCUT2D eigenvalue weighted by atomic mass is 32.1. The van der Waals surface area contributed by atoms with Crippen LogP contribution in [0.1, 0.15) is 72.2 Å². The zero-order valence-corrected chi connectivity index (χ0v) is 28.9. The van der Waals surface area contributed by atoms with Gasteiger partial charge >= 0.3 is 12.1 Å². The third-order valence-corrected chi connectivity index (χ3v) is 11.2. The van der Waals surface area contributed by atoms with Crippen LogP contribution in [-0.2, 0) is 26.9 Å². The minimum absolute atomic E-state index is 0.0348. The molecule has 13 heteroatoms. The van der Waals surface area contributed by atoms with E-state index in [4.69, 9.17) is 15.6 Å². The van der Waals surface area contributed by atoms with Gasteiger partial charge in [-0.15, -0.1) is 11.3 Å². The number of nitrogens with zero attached hydrogens (tertiary/aromatic N) is 1. The summed E-state index contributed by atoms with van der Waals surface area (Å²) in [4.78, 5) is 39.2. The fraction of sp³-hybridized carbons (Fsp3) is 0.541. The first-order chi connectivity index (χ1) is 23.9. The van der Waals surface area contributed by atoms with Crippen LogP contribution in [-0.4, -0.2) is 78.8 Å². The van der Waals surface area contributed by atoms with E-state index in [-0.39, 0.29) is 21.4 Å². The summed E-state index contributed by atoms with van der Waals surface area (Å²) in [7, 11) is 0. The zero-order valence-electron chi connectivity index (χ0n) is 28.1. The molecule has 0 unspecified atom stereocenters. The van der Waals surface area contributed by atoms with Gasteiger partial charge in [0.1, 0.15) is 10.9 Å². The average Bonchev–Trinajstić information content (AvgIpc) is 3.76. The molecule has 3 fully saturated rings. The Morgan fingerprint density at radius 3 is 2.30 bits per heavy atom. The summed E-state index contributed by atoms with van der Waals surface area (Å²) in [5.41, 5.74) is 7.65. The Kier molecular flexibility index (Phi) is 12.9. The van der Waals surface area contributed by atoms with E-state index >= 15 is 0 Å². The van der Waals surface area contributed by atoms with Gasteiger partial charge in [-0.2, -0.15) is 13.2 Å². The lowest BCUT2D eigenvalue weighted by atomic mass is 9.93. The number of nitrogens with one attached hydrogen (secondary N) is 3. The van der Waals surface area contributed by atoms with E-state index in [2.05, 4.69) is 15.5 Å². The number of hydrogen-bond acceptors (Lipinski definition) is 6. The van der Waals surface area contributed by atoms with Crippen LogP contribution in [0.15, 0.2) is 54.6 Å². The summed E-state index contributed by atoms with van der Waals surface area (Å²) in [6, 6.07) is 14.1. The van der Waals surface area contributed by atoms with Gasteiger partial charge in [0, 0.05) is 37.4 Å². The molecule has 1 atom stereocenters. The van der Waals surface area contributed by atoms with E-state index < -0.39 is 29.3 Å². The van der Waals surface area contributed by atoms with Crippen molar-refractivity contribution in [2.75, 3.05) is 39.4 Å². The molecule has 2 saturated heterocycles. The van der Waals surface area contributed by atoms with Crippen molar-refractivity contribution in [3.05, 3.63) is 76.3 Å². The molecular formula is C37H46F3N4O5S-. The van der Waals surface area contributed by atoms with Crippen molar-refractivity contribution in [3.8, 4) is 0 Å². The first-order valence-electron chi connectivity index (χ1n) is 17.4. The standard InChI is InChI=1S/C27H41N4O3.C10H5F3O2S/c28-27(12-4-5-13-27)26(33)30-24(18-21-6-2-1-3-7-21)25(32)29-19-22-8-14-31(15-9-22)20-23-10-16-34-17-11-23;11-10(12,13)6-3-1-2-5-4-7(9(14)15)16-8(5)6/h1-3,6-7,22-24,28H,4-5,8-20H2,(H,29,32)(H,30,33);1-4H,(H,14,15)/q-1;/t24-;/m1./s1. The molecule has 272 valence electrons. The zero-order chi connectivity index (χ0) is 35.7. The maximum atomic E-state index is 13.2. The van der Waals surface area contributed by atoms with Crippen molar-refractivity contribution in [1.82, 2.24) is 15.5 Å². The van der Waals surface area contributed by atoms with Crippen LogP contribution in [0.5, 0.6) is 0 Å². The van der Waals surface area contributed by atoms with Crippen LogP contribution in [0.2, 0.25) is 0 Å². The van der Waals surface area contributed by atoms with E-state index in [9.17, 15) is 27.6 Å². The van der Waals surface area contributed by atoms with Crippen LogP contribution in [0.25, 0.3) is 15.8 Å². The van der Waals surface area contributed by atoms with Crippen molar-refractivity contribution in [3.63, 3.8) is 0 Å². The third kappa shape index (κ3) is 10.3. The fourth-order valence-corrected chi connectivity index (χ4v) is 8.02. The minimum Gasteiger partial charge on any atom is -0.664 e. The van der Waals surface area contributed by atoms with Gasteiger partial charge in [0.05, 0.1) is 5.56 Å². The molecule has 3 aromatic rings. The normalized spacial score (nSPS) is 19.4. The number of halogens is 3. The molecule has 1 aliphatic carbocycles. The van der Waals surface area contributed by atoms with Crippen molar-refractivity contribution in [2.24, 2.45) is 11.8 Å². The van der Waals surface area contributed by atoms with Crippen LogP contribution >= 0.6 is 11.3 Å². The van der Waals surface area contributed by atoms with E-state index in [0.29, 0.717) is 48.4 Å². The molecule has 4 N–H and O–H groups in total. The van der Waals surface area contributed by atoms with Gasteiger partial charge in [0.25, 0.3) is 0 Å². The number of likely N-dealkylation sites (tertiary alicyclic amines) is 1. The van der Waals surface area contributed by atoms with Crippen molar-refractivity contribution < 1.29 is 37.4 Å². The Morgan fingerprint density at radius 1 is 0.980 bits per heavy atom. The lowest BCUT2D eigenvalue weighted by Gasteiger charge is -2.36. The van der Waals surface area contributed by atoms with E-state index in [1.165, 1.54) is 37.6 Å². The molecule has 2 amide bonds. The number of hydrogen-bond donors (Lipinski definition) is 3. The molecule has 3 heterocycles. The SMILES string of the molecule is O=C(O)c1cc2cccc(C(F)(F)F)c2s1.[NH-]C1(C(=O)N[C@H](Cc2ccccc2)C(=O)NCC2CCN(CC3CCOCC3)CC2)CCCC1. The summed E-state index contributed by atoms with van der Waals surface area (Å²) in [6.07, 6.45) is 3.46. The maximum absolute atomic E-state index is 13.2. The lowest BCUT2D eigenvalue weighted by Crippen LogP contribution is -2.54. The highest BCUT2D eigenvalue weighted by Gasteiger charge is 2.34. The fourth-order valence-electron chi connectivity index (χ4n) is 6.99. The molecule has 1 aromatic heterocycles. The largest absolute Gasteiger partial charge is 0.664 e. The molecule has 9 nitrogen and oxygen atoms in total. The number of aromatic carboxylic acids is 1.